The van der Waals surface area contributed by atoms with Crippen molar-refractivity contribution in [1.29, 1.82) is 0 Å². The topological polar surface area (TPSA) is 100 Å². The maximum Gasteiger partial charge on any atom is 0.336 e. The highest BCUT2D eigenvalue weighted by Crippen LogP contribution is 2.46. The second-order valence-electron chi connectivity index (χ2n) is 8.51. The number of ketones is 1. The van der Waals surface area contributed by atoms with Gasteiger partial charge < -0.3 is 24.3 Å². The maximum atomic E-state index is 13.7. The predicted octanol–water partition coefficient (Wildman–Crippen LogP) is 3.66. The lowest BCUT2D eigenvalue weighted by Gasteiger charge is -2.38. The molecule has 1 aromatic rings. The van der Waals surface area contributed by atoms with E-state index in [1.807, 2.05) is 19.9 Å². The van der Waals surface area contributed by atoms with Crippen LogP contribution in [0.4, 0.5) is 0 Å². The summed E-state index contributed by atoms with van der Waals surface area (Å²) in [6.07, 6.45) is 1.31. The fourth-order valence-corrected chi connectivity index (χ4v) is 4.69. The number of ether oxygens (including phenoxy) is 4. The van der Waals surface area contributed by atoms with E-state index in [-0.39, 0.29) is 18.3 Å². The van der Waals surface area contributed by atoms with Gasteiger partial charge in [0, 0.05) is 22.9 Å². The molecule has 0 saturated heterocycles. The molecule has 0 spiro atoms. The van der Waals surface area contributed by atoms with Crippen LogP contribution in [-0.4, -0.2) is 45.2 Å². The molecule has 0 fully saturated rings. The van der Waals surface area contributed by atoms with Crippen molar-refractivity contribution in [2.45, 2.75) is 46.5 Å². The summed E-state index contributed by atoms with van der Waals surface area (Å²) in [7, 11) is 2.82. The van der Waals surface area contributed by atoms with Crippen LogP contribution in [-0.2, 0) is 23.9 Å². The zero-order valence-corrected chi connectivity index (χ0v) is 20.7. The number of rotatable bonds is 8. The first kappa shape index (κ1) is 25.3. The third-order valence-corrected chi connectivity index (χ3v) is 6.22. The molecule has 0 amide bonds. The van der Waals surface area contributed by atoms with E-state index in [1.165, 1.54) is 7.11 Å². The number of carbonyl (C=O) groups excluding carboxylic acids is 3. The lowest BCUT2D eigenvalue weighted by Crippen LogP contribution is -2.43. The van der Waals surface area contributed by atoms with Crippen LogP contribution in [0.15, 0.2) is 40.7 Å². The van der Waals surface area contributed by atoms with Gasteiger partial charge in [0.15, 0.2) is 17.3 Å². The van der Waals surface area contributed by atoms with Crippen molar-refractivity contribution in [2.24, 2.45) is 11.8 Å². The molecule has 2 aliphatic rings. The van der Waals surface area contributed by atoms with Gasteiger partial charge in [-0.15, -0.1) is 0 Å². The summed E-state index contributed by atoms with van der Waals surface area (Å²) in [5, 5.41) is 3.24. The first-order valence-electron chi connectivity index (χ1n) is 11.6. The van der Waals surface area contributed by atoms with Crippen molar-refractivity contribution in [2.75, 3.05) is 27.4 Å². The van der Waals surface area contributed by atoms with Crippen LogP contribution >= 0.6 is 0 Å². The van der Waals surface area contributed by atoms with Crippen molar-refractivity contribution in [3.05, 3.63) is 46.3 Å². The van der Waals surface area contributed by atoms with E-state index in [0.717, 1.165) is 6.42 Å². The Balaban J connectivity index is 2.19. The van der Waals surface area contributed by atoms with Crippen LogP contribution in [0.25, 0.3) is 0 Å². The molecule has 1 aliphatic carbocycles. The summed E-state index contributed by atoms with van der Waals surface area (Å²) in [5.74, 6) is -2.29. The molecule has 0 saturated carbocycles. The predicted molar refractivity (Wildman–Crippen MR) is 125 cm³/mol. The van der Waals surface area contributed by atoms with E-state index in [2.05, 4.69) is 5.32 Å². The zero-order chi connectivity index (χ0) is 25.0. The second-order valence-corrected chi connectivity index (χ2v) is 8.51. The molecule has 1 N–H and O–H groups in total. The van der Waals surface area contributed by atoms with Crippen molar-refractivity contribution in [1.82, 2.24) is 5.32 Å². The Morgan fingerprint density at radius 3 is 2.50 bits per heavy atom. The number of nitrogens with one attached hydrogen (secondary N) is 1. The minimum Gasteiger partial charge on any atom is -0.493 e. The average molecular weight is 472 g/mol. The van der Waals surface area contributed by atoms with E-state index in [9.17, 15) is 14.4 Å². The maximum absolute atomic E-state index is 13.7. The number of carbonyl (C=O) groups is 3. The number of hydrogen-bond acceptors (Lipinski definition) is 8. The molecular weight excluding hydrogens is 438 g/mol. The molecule has 0 radical (unpaired) electrons. The number of allylic oxidation sites excluding steroid dienone is 3. The van der Waals surface area contributed by atoms with E-state index < -0.39 is 23.8 Å². The van der Waals surface area contributed by atoms with Gasteiger partial charge in [-0.2, -0.15) is 0 Å². The Morgan fingerprint density at radius 2 is 1.88 bits per heavy atom. The highest BCUT2D eigenvalue weighted by atomic mass is 16.5. The van der Waals surface area contributed by atoms with Crippen LogP contribution in [0, 0.1) is 11.8 Å². The molecule has 1 heterocycles. The molecule has 8 nitrogen and oxygen atoms in total. The van der Waals surface area contributed by atoms with E-state index in [4.69, 9.17) is 18.9 Å². The minimum atomic E-state index is -0.941. The number of esters is 2. The van der Waals surface area contributed by atoms with Gasteiger partial charge in [-0.25, -0.2) is 4.79 Å². The van der Waals surface area contributed by atoms with Gasteiger partial charge in [0.1, 0.15) is 5.92 Å². The van der Waals surface area contributed by atoms with Crippen LogP contribution in [0.2, 0.25) is 0 Å². The molecule has 8 heteroatoms. The average Bonchev–Trinajstić information content (AvgIpc) is 2.81. The molecule has 34 heavy (non-hydrogen) atoms. The third kappa shape index (κ3) is 4.67. The van der Waals surface area contributed by atoms with E-state index >= 15 is 0 Å². The van der Waals surface area contributed by atoms with Gasteiger partial charge in [0.2, 0.25) is 0 Å². The van der Waals surface area contributed by atoms with Crippen LogP contribution in [0.3, 0.4) is 0 Å². The van der Waals surface area contributed by atoms with Crippen molar-refractivity contribution < 1.29 is 33.3 Å². The monoisotopic (exact) mass is 471 g/mol. The molecule has 0 bridgehead atoms. The smallest absolute Gasteiger partial charge is 0.336 e. The Hall–Kier alpha value is -3.29. The molecule has 1 aromatic carbocycles. The van der Waals surface area contributed by atoms with Crippen LogP contribution in [0.1, 0.15) is 52.0 Å². The molecule has 0 aromatic heterocycles. The van der Waals surface area contributed by atoms with Crippen LogP contribution < -0.4 is 14.8 Å². The number of Topliss-reactive ketones (excluding diaryl/α,β-unsaturated/α-hetero) is 1. The largest absolute Gasteiger partial charge is 0.493 e. The summed E-state index contributed by atoms with van der Waals surface area (Å²) in [4.78, 5) is 39.3. The quantitative estimate of drug-likeness (QED) is 0.453. The molecule has 3 atom stereocenters. The highest BCUT2D eigenvalue weighted by molar-refractivity contribution is 6.12. The van der Waals surface area contributed by atoms with Crippen molar-refractivity contribution >= 4 is 17.7 Å². The Kier molecular flexibility index (Phi) is 8.02. The third-order valence-electron chi connectivity index (χ3n) is 6.22. The lowest BCUT2D eigenvalue weighted by molar-refractivity contribution is -0.151. The van der Waals surface area contributed by atoms with Gasteiger partial charge >= 0.3 is 11.9 Å². The fraction of sp³-hybridized carbons (Fsp3) is 0.500. The Labute approximate surface area is 200 Å². The van der Waals surface area contributed by atoms with E-state index in [0.29, 0.717) is 52.6 Å². The first-order chi connectivity index (χ1) is 16.3. The fourth-order valence-electron chi connectivity index (χ4n) is 4.69. The molecule has 3 rings (SSSR count). The summed E-state index contributed by atoms with van der Waals surface area (Å²) in [6, 6.07) is 5.37. The van der Waals surface area contributed by atoms with Gasteiger partial charge in [0.05, 0.1) is 33.0 Å². The van der Waals surface area contributed by atoms with Gasteiger partial charge in [0.25, 0.3) is 0 Å². The summed E-state index contributed by atoms with van der Waals surface area (Å²) < 4.78 is 21.6. The minimum absolute atomic E-state index is 0.192. The van der Waals surface area contributed by atoms with Crippen molar-refractivity contribution in [3.63, 3.8) is 0 Å². The lowest BCUT2D eigenvalue weighted by atomic mass is 9.69. The van der Waals surface area contributed by atoms with E-state index in [1.54, 1.807) is 33.1 Å². The standard InChI is InChI=1S/C26H33NO7/c1-7-11-34-18-10-9-16(13-19(18)31-5)22-21(26(30)33-8-2)15(4)27-17-12-14(3)20(25(29)32-6)24(28)23(17)22/h9-10,13-14,20,22,27H,7-8,11-12H2,1-6H3/t14-,20+,22+/m0/s1. The molecule has 0 unspecified atom stereocenters. The normalized spacial score (nSPS) is 22.1. The first-order valence-corrected chi connectivity index (χ1v) is 11.6. The van der Waals surface area contributed by atoms with Gasteiger partial charge in [-0.05, 0) is 50.3 Å². The number of methoxy groups -OCH3 is 2. The zero-order valence-electron chi connectivity index (χ0n) is 20.7. The Bertz CT molecular complexity index is 1040. The van der Waals surface area contributed by atoms with Gasteiger partial charge in [-0.1, -0.05) is 19.9 Å². The number of dihydropyridines is 1. The Morgan fingerprint density at radius 1 is 1.15 bits per heavy atom. The van der Waals surface area contributed by atoms with Gasteiger partial charge in [-0.3, -0.25) is 9.59 Å². The van der Waals surface area contributed by atoms with Crippen LogP contribution in [0.5, 0.6) is 11.5 Å². The molecule has 1 aliphatic heterocycles. The number of hydrogen-bond donors (Lipinski definition) is 1. The summed E-state index contributed by atoms with van der Waals surface area (Å²) in [6.45, 7) is 8.10. The molecular formula is C26H33NO7. The number of benzene rings is 1. The second kappa shape index (κ2) is 10.8. The summed E-state index contributed by atoms with van der Waals surface area (Å²) >= 11 is 0. The molecule has 184 valence electrons. The summed E-state index contributed by atoms with van der Waals surface area (Å²) in [5.41, 5.74) is 2.70. The van der Waals surface area contributed by atoms with Crippen molar-refractivity contribution in [3.8, 4) is 11.5 Å². The SMILES string of the molecule is CCCOc1ccc([C@@H]2C(C(=O)OCC)=C(C)NC3=C2C(=O)[C@H](C(=O)OC)[C@@H](C)C3)cc1OC. The highest BCUT2D eigenvalue weighted by Gasteiger charge is 2.47.